The molecular formula is C20H24N6O2. The Morgan fingerprint density at radius 3 is 2.50 bits per heavy atom. The third-order valence-electron chi connectivity index (χ3n) is 5.38. The van der Waals surface area contributed by atoms with Crippen molar-refractivity contribution < 1.29 is 9.59 Å². The largest absolute Gasteiger partial charge is 0.335 e. The molecule has 2 fully saturated rings. The number of carbonyl (C=O) groups is 2. The lowest BCUT2D eigenvalue weighted by atomic mass is 9.93. The average molecular weight is 380 g/mol. The minimum atomic E-state index is -0.0914. The summed E-state index contributed by atoms with van der Waals surface area (Å²) in [6.45, 7) is 4.49. The van der Waals surface area contributed by atoms with Crippen molar-refractivity contribution in [2.45, 2.75) is 25.4 Å². The number of hydrazine groups is 1. The summed E-state index contributed by atoms with van der Waals surface area (Å²) in [4.78, 5) is 37.1. The van der Waals surface area contributed by atoms with Crippen molar-refractivity contribution in [3.05, 3.63) is 59.7 Å². The molecule has 4 rings (SSSR count). The molecule has 2 aliphatic rings. The third-order valence-corrected chi connectivity index (χ3v) is 5.38. The third kappa shape index (κ3) is 3.88. The summed E-state index contributed by atoms with van der Waals surface area (Å²) in [7, 11) is 0. The number of rotatable bonds is 3. The number of hydrogen-bond donors (Lipinski definition) is 2. The van der Waals surface area contributed by atoms with Crippen molar-refractivity contribution in [2.24, 2.45) is 0 Å². The van der Waals surface area contributed by atoms with Crippen molar-refractivity contribution >= 4 is 11.8 Å². The predicted octanol–water partition coefficient (Wildman–Crippen LogP) is 0.677. The predicted molar refractivity (Wildman–Crippen MR) is 103 cm³/mol. The molecule has 0 radical (unpaired) electrons. The molecule has 0 saturated carbocycles. The fourth-order valence-corrected chi connectivity index (χ4v) is 3.84. The van der Waals surface area contributed by atoms with Crippen molar-refractivity contribution in [1.82, 2.24) is 30.6 Å². The van der Waals surface area contributed by atoms with Crippen LogP contribution >= 0.6 is 0 Å². The molecule has 0 bridgehead atoms. The van der Waals surface area contributed by atoms with Crippen molar-refractivity contribution in [3.8, 4) is 0 Å². The molecule has 2 aromatic rings. The van der Waals surface area contributed by atoms with Crippen LogP contribution in [0.25, 0.3) is 0 Å². The number of hydrogen-bond acceptors (Lipinski definition) is 6. The number of amides is 2. The Kier molecular flexibility index (Phi) is 5.31. The summed E-state index contributed by atoms with van der Waals surface area (Å²) in [6, 6.07) is 10.2. The van der Waals surface area contributed by atoms with Gasteiger partial charge in [0, 0.05) is 44.8 Å². The Morgan fingerprint density at radius 2 is 1.82 bits per heavy atom. The van der Waals surface area contributed by atoms with Gasteiger partial charge in [-0.05, 0) is 12.5 Å². The molecule has 0 spiro atoms. The van der Waals surface area contributed by atoms with Gasteiger partial charge in [0.1, 0.15) is 5.69 Å². The van der Waals surface area contributed by atoms with E-state index in [0.29, 0.717) is 38.3 Å². The molecule has 2 N–H and O–H groups in total. The minimum absolute atomic E-state index is 0.00869. The van der Waals surface area contributed by atoms with Crippen molar-refractivity contribution in [2.75, 3.05) is 26.2 Å². The molecule has 2 unspecified atom stereocenters. The van der Waals surface area contributed by atoms with Crippen LogP contribution in [0.15, 0.2) is 42.7 Å². The lowest BCUT2D eigenvalue weighted by Crippen LogP contribution is -2.60. The first kappa shape index (κ1) is 18.5. The van der Waals surface area contributed by atoms with Crippen LogP contribution in [0.3, 0.4) is 0 Å². The van der Waals surface area contributed by atoms with Gasteiger partial charge in [-0.3, -0.25) is 24.9 Å². The van der Waals surface area contributed by atoms with E-state index in [-0.39, 0.29) is 23.9 Å². The van der Waals surface area contributed by atoms with E-state index in [9.17, 15) is 9.59 Å². The molecule has 3 heterocycles. The van der Waals surface area contributed by atoms with Gasteiger partial charge in [0.25, 0.3) is 5.91 Å². The lowest BCUT2D eigenvalue weighted by molar-refractivity contribution is -0.127. The molecule has 1 aromatic heterocycles. The molecule has 8 heteroatoms. The second kappa shape index (κ2) is 8.04. The van der Waals surface area contributed by atoms with E-state index in [1.807, 2.05) is 30.0 Å². The molecule has 146 valence electrons. The maximum absolute atomic E-state index is 12.7. The van der Waals surface area contributed by atoms with Gasteiger partial charge in [-0.1, -0.05) is 30.3 Å². The van der Waals surface area contributed by atoms with Crippen molar-refractivity contribution in [3.63, 3.8) is 0 Å². The number of benzene rings is 1. The average Bonchev–Trinajstić information content (AvgIpc) is 2.74. The normalized spacial score (nSPS) is 23.3. The van der Waals surface area contributed by atoms with Gasteiger partial charge in [-0.25, -0.2) is 10.4 Å². The Morgan fingerprint density at radius 1 is 1.07 bits per heavy atom. The van der Waals surface area contributed by atoms with Crippen LogP contribution in [0.1, 0.15) is 34.2 Å². The van der Waals surface area contributed by atoms with Gasteiger partial charge in [-0.15, -0.1) is 0 Å². The van der Waals surface area contributed by atoms with Crippen LogP contribution in [0.4, 0.5) is 0 Å². The molecule has 2 saturated heterocycles. The quantitative estimate of drug-likeness (QED) is 0.814. The maximum Gasteiger partial charge on any atom is 0.274 e. The number of piperazine rings is 1. The first-order chi connectivity index (χ1) is 13.6. The standard InChI is InChI=1S/C20H24N6O2/c1-14-12-22-16(13-21-14)20(28)26-9-7-25(8-10-26)17-11-18(27)23-24-19(17)15-5-3-2-4-6-15/h2-6,12-13,17,19,24H,7-11H2,1H3,(H,23,27). The zero-order chi connectivity index (χ0) is 19.5. The summed E-state index contributed by atoms with van der Waals surface area (Å²) >= 11 is 0. The fraction of sp³-hybridized carbons (Fsp3) is 0.400. The van der Waals surface area contributed by atoms with E-state index in [1.165, 1.54) is 6.20 Å². The molecule has 0 aliphatic carbocycles. The van der Waals surface area contributed by atoms with Crippen LogP contribution in [-0.2, 0) is 4.79 Å². The number of nitrogens with zero attached hydrogens (tertiary/aromatic N) is 4. The van der Waals surface area contributed by atoms with Crippen LogP contribution in [0.2, 0.25) is 0 Å². The zero-order valence-corrected chi connectivity index (χ0v) is 15.8. The van der Waals surface area contributed by atoms with Crippen LogP contribution < -0.4 is 10.9 Å². The van der Waals surface area contributed by atoms with Crippen molar-refractivity contribution in [1.29, 1.82) is 0 Å². The molecule has 1 aromatic carbocycles. The highest BCUT2D eigenvalue weighted by molar-refractivity contribution is 5.92. The maximum atomic E-state index is 12.7. The Bertz CT molecular complexity index is 834. The Hall–Kier alpha value is -2.84. The fourth-order valence-electron chi connectivity index (χ4n) is 3.84. The van der Waals surface area contributed by atoms with Gasteiger partial charge in [0.2, 0.25) is 5.91 Å². The smallest absolute Gasteiger partial charge is 0.274 e. The van der Waals surface area contributed by atoms with E-state index in [4.69, 9.17) is 0 Å². The molecular weight excluding hydrogens is 356 g/mol. The second-order valence-electron chi connectivity index (χ2n) is 7.22. The lowest BCUT2D eigenvalue weighted by Gasteiger charge is -2.44. The Labute approximate surface area is 163 Å². The zero-order valence-electron chi connectivity index (χ0n) is 15.8. The van der Waals surface area contributed by atoms with E-state index >= 15 is 0 Å². The first-order valence-corrected chi connectivity index (χ1v) is 9.53. The monoisotopic (exact) mass is 380 g/mol. The summed E-state index contributed by atoms with van der Waals surface area (Å²) in [5.41, 5.74) is 8.22. The summed E-state index contributed by atoms with van der Waals surface area (Å²) in [5, 5.41) is 0. The number of aromatic nitrogens is 2. The van der Waals surface area contributed by atoms with E-state index in [2.05, 4.69) is 37.9 Å². The van der Waals surface area contributed by atoms with Gasteiger partial charge >= 0.3 is 0 Å². The van der Waals surface area contributed by atoms with E-state index < -0.39 is 0 Å². The SMILES string of the molecule is Cc1cnc(C(=O)N2CCN(C3CC(=O)NNC3c3ccccc3)CC2)cn1. The van der Waals surface area contributed by atoms with Gasteiger partial charge in [0.05, 0.1) is 17.9 Å². The first-order valence-electron chi connectivity index (χ1n) is 9.53. The number of aryl methyl sites for hydroxylation is 1. The Balaban J connectivity index is 1.43. The van der Waals surface area contributed by atoms with Crippen LogP contribution in [-0.4, -0.2) is 63.8 Å². The highest BCUT2D eigenvalue weighted by Crippen LogP contribution is 2.26. The number of carbonyl (C=O) groups excluding carboxylic acids is 2. The van der Waals surface area contributed by atoms with E-state index in [1.54, 1.807) is 6.20 Å². The van der Waals surface area contributed by atoms with Gasteiger partial charge in [-0.2, -0.15) is 0 Å². The highest BCUT2D eigenvalue weighted by atomic mass is 16.2. The van der Waals surface area contributed by atoms with Crippen LogP contribution in [0, 0.1) is 6.92 Å². The topological polar surface area (TPSA) is 90.5 Å². The molecule has 2 atom stereocenters. The summed E-state index contributed by atoms with van der Waals surface area (Å²) in [5.74, 6) is -0.100. The minimum Gasteiger partial charge on any atom is -0.335 e. The van der Waals surface area contributed by atoms with E-state index in [0.717, 1.165) is 11.3 Å². The van der Waals surface area contributed by atoms with Gasteiger partial charge in [0.15, 0.2) is 0 Å². The second-order valence-corrected chi connectivity index (χ2v) is 7.22. The molecule has 2 amide bonds. The molecule has 8 nitrogen and oxygen atoms in total. The molecule has 28 heavy (non-hydrogen) atoms. The highest BCUT2D eigenvalue weighted by Gasteiger charge is 2.36. The molecule has 2 aliphatic heterocycles. The van der Waals surface area contributed by atoms with Gasteiger partial charge < -0.3 is 4.90 Å². The summed E-state index contributed by atoms with van der Waals surface area (Å²) < 4.78 is 0. The summed E-state index contributed by atoms with van der Waals surface area (Å²) in [6.07, 6.45) is 3.58. The van der Waals surface area contributed by atoms with Crippen LogP contribution in [0.5, 0.6) is 0 Å². The number of nitrogens with one attached hydrogen (secondary N) is 2.